The van der Waals surface area contributed by atoms with Crippen LogP contribution in [0.15, 0.2) is 18.7 Å². The van der Waals surface area contributed by atoms with E-state index in [2.05, 4.69) is 30.5 Å². The van der Waals surface area contributed by atoms with Crippen LogP contribution in [0.2, 0.25) is 5.15 Å². The van der Waals surface area contributed by atoms with E-state index in [0.717, 1.165) is 5.82 Å². The molecular formula is C7H7ClN6. The second-order valence-corrected chi connectivity index (χ2v) is 2.90. The Bertz CT molecular complexity index is 400. The molecule has 0 unspecified atom stereocenters. The Hall–Kier alpha value is -1.69. The van der Waals surface area contributed by atoms with Crippen LogP contribution in [-0.4, -0.2) is 25.1 Å². The summed E-state index contributed by atoms with van der Waals surface area (Å²) < 4.78 is 0. The van der Waals surface area contributed by atoms with Crippen LogP contribution in [0.1, 0.15) is 5.82 Å². The molecule has 6 nitrogen and oxygen atoms in total. The topological polar surface area (TPSA) is 79.4 Å². The molecule has 0 aliphatic carbocycles. The van der Waals surface area contributed by atoms with Gasteiger partial charge in [-0.05, 0) is 0 Å². The lowest BCUT2D eigenvalue weighted by molar-refractivity contribution is 0.944. The summed E-state index contributed by atoms with van der Waals surface area (Å²) in [5.41, 5.74) is 0. The second-order valence-electron chi connectivity index (χ2n) is 2.51. The standard InChI is InChI=1S/C7H7ClN6/c8-5-1-9-2-6(13-5)10-3-7-11-4-12-14-7/h1-2,4H,3H2,(H,10,13)(H,11,12,14). The normalized spacial score (nSPS) is 10.1. The Morgan fingerprint density at radius 3 is 3.07 bits per heavy atom. The van der Waals surface area contributed by atoms with E-state index in [-0.39, 0.29) is 0 Å². The van der Waals surface area contributed by atoms with Gasteiger partial charge < -0.3 is 5.32 Å². The van der Waals surface area contributed by atoms with Crippen LogP contribution in [0.3, 0.4) is 0 Å². The number of aromatic nitrogens is 5. The molecule has 2 N–H and O–H groups in total. The van der Waals surface area contributed by atoms with Crippen molar-refractivity contribution in [1.82, 2.24) is 25.1 Å². The van der Waals surface area contributed by atoms with Gasteiger partial charge in [-0.25, -0.2) is 9.97 Å². The van der Waals surface area contributed by atoms with Crippen molar-refractivity contribution in [2.45, 2.75) is 6.54 Å². The molecule has 0 aromatic carbocycles. The highest BCUT2D eigenvalue weighted by atomic mass is 35.5. The molecule has 2 heterocycles. The number of rotatable bonds is 3. The molecule has 2 aromatic heterocycles. The Balaban J connectivity index is 1.98. The molecule has 0 spiro atoms. The fourth-order valence-electron chi connectivity index (χ4n) is 0.918. The first-order chi connectivity index (χ1) is 6.84. The Labute approximate surface area is 84.8 Å². The van der Waals surface area contributed by atoms with E-state index in [9.17, 15) is 0 Å². The van der Waals surface area contributed by atoms with Gasteiger partial charge in [-0.3, -0.25) is 10.1 Å². The van der Waals surface area contributed by atoms with Gasteiger partial charge in [0.05, 0.1) is 18.9 Å². The molecule has 2 aromatic rings. The van der Waals surface area contributed by atoms with Crippen molar-refractivity contribution in [3.05, 3.63) is 29.7 Å². The van der Waals surface area contributed by atoms with Gasteiger partial charge in [0.2, 0.25) is 0 Å². The fraction of sp³-hybridized carbons (Fsp3) is 0.143. The molecule has 7 heteroatoms. The van der Waals surface area contributed by atoms with E-state index in [1.54, 1.807) is 6.20 Å². The highest BCUT2D eigenvalue weighted by Crippen LogP contribution is 2.06. The minimum Gasteiger partial charge on any atom is -0.361 e. The molecule has 0 bridgehead atoms. The summed E-state index contributed by atoms with van der Waals surface area (Å²) in [7, 11) is 0. The number of hydrogen-bond acceptors (Lipinski definition) is 5. The Morgan fingerprint density at radius 1 is 1.43 bits per heavy atom. The van der Waals surface area contributed by atoms with Crippen molar-refractivity contribution in [1.29, 1.82) is 0 Å². The molecule has 0 aliphatic heterocycles. The SMILES string of the molecule is Clc1cncc(NCc2ncn[nH]2)n1. The molecule has 0 saturated heterocycles. The van der Waals surface area contributed by atoms with Crippen molar-refractivity contribution >= 4 is 17.4 Å². The zero-order chi connectivity index (χ0) is 9.80. The number of hydrogen-bond donors (Lipinski definition) is 2. The number of H-pyrrole nitrogens is 1. The maximum absolute atomic E-state index is 5.66. The summed E-state index contributed by atoms with van der Waals surface area (Å²) in [5.74, 6) is 1.33. The predicted molar refractivity (Wildman–Crippen MR) is 50.8 cm³/mol. The van der Waals surface area contributed by atoms with Crippen LogP contribution in [-0.2, 0) is 6.54 Å². The zero-order valence-electron chi connectivity index (χ0n) is 7.11. The van der Waals surface area contributed by atoms with E-state index in [4.69, 9.17) is 11.6 Å². The lowest BCUT2D eigenvalue weighted by Gasteiger charge is -2.01. The van der Waals surface area contributed by atoms with Gasteiger partial charge in [0, 0.05) is 0 Å². The van der Waals surface area contributed by atoms with E-state index in [1.807, 2.05) is 0 Å². The molecule has 0 fully saturated rings. The molecule has 0 amide bonds. The zero-order valence-corrected chi connectivity index (χ0v) is 7.86. The molecule has 14 heavy (non-hydrogen) atoms. The summed E-state index contributed by atoms with van der Waals surface area (Å²) in [6.45, 7) is 0.509. The van der Waals surface area contributed by atoms with Gasteiger partial charge in [-0.1, -0.05) is 11.6 Å². The predicted octanol–water partition coefficient (Wildman–Crippen LogP) is 0.860. The average Bonchev–Trinajstić information content (AvgIpc) is 2.67. The Kier molecular flexibility index (Phi) is 2.55. The highest BCUT2D eigenvalue weighted by Gasteiger charge is 1.98. The minimum absolute atomic E-state index is 0.354. The Morgan fingerprint density at radius 2 is 2.36 bits per heavy atom. The monoisotopic (exact) mass is 210 g/mol. The average molecular weight is 211 g/mol. The highest BCUT2D eigenvalue weighted by molar-refractivity contribution is 6.29. The lowest BCUT2D eigenvalue weighted by atomic mass is 10.5. The van der Waals surface area contributed by atoms with E-state index < -0.39 is 0 Å². The quantitative estimate of drug-likeness (QED) is 0.786. The molecule has 0 radical (unpaired) electrons. The van der Waals surface area contributed by atoms with Gasteiger partial charge in [-0.15, -0.1) is 0 Å². The smallest absolute Gasteiger partial charge is 0.149 e. The number of aromatic amines is 1. The maximum Gasteiger partial charge on any atom is 0.149 e. The third-order valence-corrected chi connectivity index (χ3v) is 1.69. The van der Waals surface area contributed by atoms with Gasteiger partial charge >= 0.3 is 0 Å². The molecule has 0 saturated carbocycles. The van der Waals surface area contributed by atoms with Crippen molar-refractivity contribution in [3.8, 4) is 0 Å². The van der Waals surface area contributed by atoms with Crippen molar-refractivity contribution in [2.75, 3.05) is 5.32 Å². The third-order valence-electron chi connectivity index (χ3n) is 1.51. The molecule has 2 rings (SSSR count). The third kappa shape index (κ3) is 2.17. The molecule has 72 valence electrons. The second kappa shape index (κ2) is 4.01. The van der Waals surface area contributed by atoms with E-state index in [1.165, 1.54) is 12.5 Å². The lowest BCUT2D eigenvalue weighted by Crippen LogP contribution is -2.03. The van der Waals surface area contributed by atoms with E-state index in [0.29, 0.717) is 17.5 Å². The van der Waals surface area contributed by atoms with Crippen LogP contribution in [0.4, 0.5) is 5.82 Å². The number of halogens is 1. The van der Waals surface area contributed by atoms with Gasteiger partial charge in [0.25, 0.3) is 0 Å². The van der Waals surface area contributed by atoms with Gasteiger partial charge in [0.1, 0.15) is 23.1 Å². The fourth-order valence-corrected chi connectivity index (χ4v) is 1.07. The summed E-state index contributed by atoms with van der Waals surface area (Å²) in [6.07, 6.45) is 4.50. The summed E-state index contributed by atoms with van der Waals surface area (Å²) in [6, 6.07) is 0. The van der Waals surface area contributed by atoms with Crippen LogP contribution >= 0.6 is 11.6 Å². The van der Waals surface area contributed by atoms with Gasteiger partial charge in [-0.2, -0.15) is 5.10 Å². The molecular weight excluding hydrogens is 204 g/mol. The molecule has 0 atom stereocenters. The largest absolute Gasteiger partial charge is 0.361 e. The first-order valence-electron chi connectivity index (χ1n) is 3.90. The van der Waals surface area contributed by atoms with Gasteiger partial charge in [0.15, 0.2) is 0 Å². The maximum atomic E-state index is 5.66. The first kappa shape index (κ1) is 8.89. The van der Waals surface area contributed by atoms with Crippen LogP contribution in [0.25, 0.3) is 0 Å². The summed E-state index contributed by atoms with van der Waals surface area (Å²) >= 11 is 5.66. The van der Waals surface area contributed by atoms with Crippen LogP contribution in [0, 0.1) is 0 Å². The van der Waals surface area contributed by atoms with Crippen molar-refractivity contribution in [3.63, 3.8) is 0 Å². The van der Waals surface area contributed by atoms with Crippen molar-refractivity contribution < 1.29 is 0 Å². The minimum atomic E-state index is 0.354. The first-order valence-corrected chi connectivity index (χ1v) is 4.28. The van der Waals surface area contributed by atoms with Crippen LogP contribution < -0.4 is 5.32 Å². The van der Waals surface area contributed by atoms with Crippen LogP contribution in [0.5, 0.6) is 0 Å². The summed E-state index contributed by atoms with van der Waals surface area (Å²) in [5, 5.41) is 9.78. The number of anilines is 1. The number of nitrogens with zero attached hydrogens (tertiary/aromatic N) is 4. The van der Waals surface area contributed by atoms with E-state index >= 15 is 0 Å². The molecule has 0 aliphatic rings. The summed E-state index contributed by atoms with van der Waals surface area (Å²) in [4.78, 5) is 11.8. The van der Waals surface area contributed by atoms with Crippen molar-refractivity contribution in [2.24, 2.45) is 0 Å². The number of nitrogens with one attached hydrogen (secondary N) is 2.